The van der Waals surface area contributed by atoms with Crippen molar-refractivity contribution >= 4 is 0 Å². The molecule has 0 heterocycles. The third-order valence-corrected chi connectivity index (χ3v) is 4.42. The van der Waals surface area contributed by atoms with Crippen LogP contribution in [0.15, 0.2) is 24.3 Å². The van der Waals surface area contributed by atoms with Gasteiger partial charge in [0.15, 0.2) is 0 Å². The maximum atomic E-state index is 10.2. The average Bonchev–Trinajstić information content (AvgIpc) is 2.46. The first kappa shape index (κ1) is 14.6. The Hall–Kier alpha value is -0.820. The fourth-order valence-corrected chi connectivity index (χ4v) is 3.08. The Labute approximate surface area is 118 Å². The van der Waals surface area contributed by atoms with Gasteiger partial charge in [-0.2, -0.15) is 0 Å². The van der Waals surface area contributed by atoms with Crippen LogP contribution in [0.2, 0.25) is 0 Å². The molecule has 1 saturated carbocycles. The van der Waals surface area contributed by atoms with Crippen molar-refractivity contribution in [2.24, 2.45) is 5.92 Å². The molecule has 0 aromatic heterocycles. The minimum atomic E-state index is -0.289. The van der Waals surface area contributed by atoms with Crippen LogP contribution in [0.25, 0.3) is 0 Å². The first-order valence-electron chi connectivity index (χ1n) is 7.94. The highest BCUT2D eigenvalue weighted by Gasteiger charge is 2.16. The molecule has 2 rings (SSSR count). The second-order valence-electron chi connectivity index (χ2n) is 6.49. The first-order valence-corrected chi connectivity index (χ1v) is 7.94. The van der Waals surface area contributed by atoms with Crippen LogP contribution in [0.1, 0.15) is 81.9 Å². The van der Waals surface area contributed by atoms with E-state index in [-0.39, 0.29) is 6.10 Å². The monoisotopic (exact) mass is 260 g/mol. The second kappa shape index (κ2) is 7.09. The lowest BCUT2D eigenvalue weighted by atomic mass is 9.83. The molecule has 0 spiro atoms. The molecule has 0 aliphatic heterocycles. The minimum Gasteiger partial charge on any atom is -0.388 e. The third kappa shape index (κ3) is 4.35. The topological polar surface area (TPSA) is 20.2 Å². The predicted molar refractivity (Wildman–Crippen MR) is 81.3 cm³/mol. The molecule has 1 aliphatic rings. The lowest BCUT2D eigenvalue weighted by Crippen LogP contribution is -2.05. The zero-order valence-electron chi connectivity index (χ0n) is 12.4. The molecule has 1 atom stereocenters. The zero-order chi connectivity index (χ0) is 13.7. The summed E-state index contributed by atoms with van der Waals surface area (Å²) in [6.45, 7) is 4.41. The van der Waals surface area contributed by atoms with Gasteiger partial charge in [-0.25, -0.2) is 0 Å². The van der Waals surface area contributed by atoms with Crippen molar-refractivity contribution in [1.29, 1.82) is 0 Å². The summed E-state index contributed by atoms with van der Waals surface area (Å²) < 4.78 is 0. The lowest BCUT2D eigenvalue weighted by Gasteiger charge is -2.22. The summed E-state index contributed by atoms with van der Waals surface area (Å²) in [4.78, 5) is 0. The van der Waals surface area contributed by atoms with E-state index in [1.807, 2.05) is 0 Å². The second-order valence-corrected chi connectivity index (χ2v) is 6.49. The minimum absolute atomic E-state index is 0.289. The molecule has 1 N–H and O–H groups in total. The van der Waals surface area contributed by atoms with E-state index < -0.39 is 0 Å². The van der Waals surface area contributed by atoms with Crippen molar-refractivity contribution in [2.45, 2.75) is 70.8 Å². The highest BCUT2D eigenvalue weighted by Crippen LogP contribution is 2.33. The van der Waals surface area contributed by atoms with Gasteiger partial charge in [0.05, 0.1) is 6.10 Å². The molecule has 1 aromatic rings. The molecule has 1 aliphatic carbocycles. The van der Waals surface area contributed by atoms with Crippen LogP contribution in [-0.2, 0) is 0 Å². The Morgan fingerprint density at radius 3 is 2.21 bits per heavy atom. The number of rotatable bonds is 5. The molecular weight excluding hydrogens is 232 g/mol. The number of aliphatic hydroxyl groups excluding tert-OH is 1. The van der Waals surface area contributed by atoms with Crippen LogP contribution in [0, 0.1) is 5.92 Å². The summed E-state index contributed by atoms with van der Waals surface area (Å²) in [6.07, 6.45) is 8.52. The van der Waals surface area contributed by atoms with Gasteiger partial charge in [-0.3, -0.25) is 0 Å². The quantitative estimate of drug-likeness (QED) is 0.771. The van der Waals surface area contributed by atoms with Gasteiger partial charge in [0.25, 0.3) is 0 Å². The number of hydrogen-bond acceptors (Lipinski definition) is 1. The highest BCUT2D eigenvalue weighted by molar-refractivity contribution is 5.27. The van der Waals surface area contributed by atoms with Crippen LogP contribution >= 0.6 is 0 Å². The van der Waals surface area contributed by atoms with Crippen LogP contribution in [0.4, 0.5) is 0 Å². The Bertz CT molecular complexity index is 360. The Kier molecular flexibility index (Phi) is 5.45. The van der Waals surface area contributed by atoms with Crippen LogP contribution in [0.5, 0.6) is 0 Å². The number of aliphatic hydroxyl groups is 1. The molecule has 19 heavy (non-hydrogen) atoms. The summed E-state index contributed by atoms with van der Waals surface area (Å²) in [6, 6.07) is 8.75. The summed E-state index contributed by atoms with van der Waals surface area (Å²) in [5.41, 5.74) is 2.56. The molecular formula is C18H28O. The Morgan fingerprint density at radius 1 is 1.00 bits per heavy atom. The summed E-state index contributed by atoms with van der Waals surface area (Å²) in [5, 5.41) is 10.2. The van der Waals surface area contributed by atoms with Gasteiger partial charge in [0.2, 0.25) is 0 Å². The van der Waals surface area contributed by atoms with Gasteiger partial charge >= 0.3 is 0 Å². The molecule has 0 radical (unpaired) electrons. The maximum absolute atomic E-state index is 10.2. The molecule has 1 unspecified atom stereocenters. The van der Waals surface area contributed by atoms with E-state index in [2.05, 4.69) is 38.1 Å². The lowest BCUT2D eigenvalue weighted by molar-refractivity contribution is 0.159. The van der Waals surface area contributed by atoms with Crippen molar-refractivity contribution in [3.8, 4) is 0 Å². The highest BCUT2D eigenvalue weighted by atomic mass is 16.3. The fraction of sp³-hybridized carbons (Fsp3) is 0.667. The molecule has 0 saturated heterocycles. The van der Waals surface area contributed by atoms with Gasteiger partial charge in [0, 0.05) is 0 Å². The summed E-state index contributed by atoms with van der Waals surface area (Å²) in [5.74, 6) is 1.42. The molecule has 1 aromatic carbocycles. The Morgan fingerprint density at radius 2 is 1.63 bits per heavy atom. The predicted octanol–water partition coefficient (Wildman–Crippen LogP) is 5.20. The summed E-state index contributed by atoms with van der Waals surface area (Å²) in [7, 11) is 0. The standard InChI is InChI=1S/C18H28O/c1-14(2)8-13-18(19)17-11-9-16(10-12-17)15-6-4-3-5-7-15/h9-12,14-15,18-19H,3-8,13H2,1-2H3. The van der Waals surface area contributed by atoms with Gasteiger partial charge in [-0.1, -0.05) is 57.4 Å². The van der Waals surface area contributed by atoms with Gasteiger partial charge in [-0.05, 0) is 48.6 Å². The fourth-order valence-electron chi connectivity index (χ4n) is 3.08. The third-order valence-electron chi connectivity index (χ3n) is 4.42. The largest absolute Gasteiger partial charge is 0.388 e. The van der Waals surface area contributed by atoms with E-state index in [1.54, 1.807) is 0 Å². The van der Waals surface area contributed by atoms with Crippen LogP contribution in [-0.4, -0.2) is 5.11 Å². The van der Waals surface area contributed by atoms with E-state index in [0.29, 0.717) is 5.92 Å². The number of benzene rings is 1. The van der Waals surface area contributed by atoms with Gasteiger partial charge in [-0.15, -0.1) is 0 Å². The van der Waals surface area contributed by atoms with Gasteiger partial charge in [0.1, 0.15) is 0 Å². The van der Waals surface area contributed by atoms with E-state index in [1.165, 1.54) is 37.7 Å². The average molecular weight is 260 g/mol. The molecule has 0 bridgehead atoms. The van der Waals surface area contributed by atoms with E-state index in [9.17, 15) is 5.11 Å². The van der Waals surface area contributed by atoms with Crippen LogP contribution < -0.4 is 0 Å². The van der Waals surface area contributed by atoms with Crippen molar-refractivity contribution in [2.75, 3.05) is 0 Å². The molecule has 1 heteroatoms. The maximum Gasteiger partial charge on any atom is 0.0790 e. The van der Waals surface area contributed by atoms with E-state index >= 15 is 0 Å². The first-order chi connectivity index (χ1) is 9.16. The van der Waals surface area contributed by atoms with Crippen molar-refractivity contribution in [3.63, 3.8) is 0 Å². The molecule has 0 amide bonds. The summed E-state index contributed by atoms with van der Waals surface area (Å²) >= 11 is 0. The number of hydrogen-bond donors (Lipinski definition) is 1. The smallest absolute Gasteiger partial charge is 0.0790 e. The van der Waals surface area contributed by atoms with Crippen molar-refractivity contribution in [3.05, 3.63) is 35.4 Å². The van der Waals surface area contributed by atoms with E-state index in [0.717, 1.165) is 24.3 Å². The van der Waals surface area contributed by atoms with Crippen molar-refractivity contribution in [1.82, 2.24) is 0 Å². The normalized spacial score (nSPS) is 18.7. The Balaban J connectivity index is 1.93. The van der Waals surface area contributed by atoms with E-state index in [4.69, 9.17) is 0 Å². The van der Waals surface area contributed by atoms with Crippen molar-refractivity contribution < 1.29 is 5.11 Å². The zero-order valence-corrected chi connectivity index (χ0v) is 12.4. The SMILES string of the molecule is CC(C)CCC(O)c1ccc(C2CCCCC2)cc1. The van der Waals surface area contributed by atoms with Gasteiger partial charge < -0.3 is 5.11 Å². The molecule has 1 fully saturated rings. The molecule has 1 nitrogen and oxygen atoms in total. The molecule has 106 valence electrons. The van der Waals surface area contributed by atoms with Crippen LogP contribution in [0.3, 0.4) is 0 Å².